The van der Waals surface area contributed by atoms with Crippen LogP contribution in [0.3, 0.4) is 0 Å². The molecule has 1 aliphatic rings. The summed E-state index contributed by atoms with van der Waals surface area (Å²) >= 11 is 0. The van der Waals surface area contributed by atoms with Crippen molar-refractivity contribution in [2.45, 2.75) is 23.8 Å². The Morgan fingerprint density at radius 2 is 2.15 bits per heavy atom. The summed E-state index contributed by atoms with van der Waals surface area (Å²) in [6.07, 6.45) is 0.809. The lowest BCUT2D eigenvalue weighted by atomic mass is 10.1. The second kappa shape index (κ2) is 5.35. The molecule has 1 aromatic rings. The SMILES string of the molecule is NS(=O)(=O)c1cc([N+](=O)[O-])ccc1N1CCC[C@@H](O)C1. The third kappa shape index (κ3) is 3.06. The van der Waals surface area contributed by atoms with Crippen LogP contribution in [0.1, 0.15) is 12.8 Å². The van der Waals surface area contributed by atoms with Gasteiger partial charge < -0.3 is 10.0 Å². The maximum absolute atomic E-state index is 11.6. The number of aliphatic hydroxyl groups excluding tert-OH is 1. The number of β-amino-alcohol motifs (C(OH)–C–C–N with tert-alkyl or cyclic N) is 1. The fourth-order valence-electron chi connectivity index (χ4n) is 2.28. The Labute approximate surface area is 116 Å². The van der Waals surface area contributed by atoms with Crippen LogP contribution in [0.25, 0.3) is 0 Å². The third-order valence-corrected chi connectivity index (χ3v) is 4.14. The zero-order valence-corrected chi connectivity index (χ0v) is 11.4. The summed E-state index contributed by atoms with van der Waals surface area (Å²) in [6, 6.07) is 3.53. The summed E-state index contributed by atoms with van der Waals surface area (Å²) in [5.41, 5.74) is -0.0489. The topological polar surface area (TPSA) is 127 Å². The van der Waals surface area contributed by atoms with Crippen LogP contribution >= 0.6 is 0 Å². The monoisotopic (exact) mass is 301 g/mol. The van der Waals surface area contributed by atoms with E-state index in [1.165, 1.54) is 12.1 Å². The van der Waals surface area contributed by atoms with Crippen LogP contribution in [0.4, 0.5) is 11.4 Å². The van der Waals surface area contributed by atoms with Crippen molar-refractivity contribution in [2.75, 3.05) is 18.0 Å². The number of rotatable bonds is 3. The Balaban J connectivity index is 2.49. The molecular formula is C11H15N3O5S. The van der Waals surface area contributed by atoms with Crippen LogP contribution < -0.4 is 10.0 Å². The average molecular weight is 301 g/mol. The normalized spacial score (nSPS) is 19.9. The van der Waals surface area contributed by atoms with Gasteiger partial charge in [0.1, 0.15) is 4.90 Å². The minimum absolute atomic E-state index is 0.278. The van der Waals surface area contributed by atoms with Gasteiger partial charge in [-0.1, -0.05) is 0 Å². The highest BCUT2D eigenvalue weighted by molar-refractivity contribution is 7.89. The molecular weight excluding hydrogens is 286 g/mol. The van der Waals surface area contributed by atoms with Gasteiger partial charge in [-0.3, -0.25) is 10.1 Å². The zero-order chi connectivity index (χ0) is 14.9. The van der Waals surface area contributed by atoms with Crippen LogP contribution in [0, 0.1) is 10.1 Å². The van der Waals surface area contributed by atoms with Crippen molar-refractivity contribution in [2.24, 2.45) is 5.14 Å². The smallest absolute Gasteiger partial charge is 0.270 e. The molecule has 0 aromatic heterocycles. The van der Waals surface area contributed by atoms with Gasteiger partial charge in [0, 0.05) is 25.2 Å². The number of anilines is 1. The van der Waals surface area contributed by atoms with Gasteiger partial charge in [0.25, 0.3) is 5.69 Å². The first kappa shape index (κ1) is 14.7. The fourth-order valence-corrected chi connectivity index (χ4v) is 3.05. The van der Waals surface area contributed by atoms with Crippen molar-refractivity contribution < 1.29 is 18.4 Å². The zero-order valence-electron chi connectivity index (χ0n) is 10.6. The molecule has 8 nitrogen and oxygen atoms in total. The maximum atomic E-state index is 11.6. The van der Waals surface area contributed by atoms with E-state index >= 15 is 0 Å². The Morgan fingerprint density at radius 3 is 2.70 bits per heavy atom. The average Bonchev–Trinajstić information content (AvgIpc) is 2.37. The number of non-ortho nitro benzene ring substituents is 1. The molecule has 1 atom stereocenters. The summed E-state index contributed by atoms with van der Waals surface area (Å²) in [6.45, 7) is 0.845. The minimum atomic E-state index is -4.08. The van der Waals surface area contributed by atoms with E-state index in [2.05, 4.69) is 0 Å². The van der Waals surface area contributed by atoms with Crippen molar-refractivity contribution in [1.29, 1.82) is 0 Å². The molecule has 0 amide bonds. The van der Waals surface area contributed by atoms with Crippen LogP contribution in [-0.4, -0.2) is 37.6 Å². The van der Waals surface area contributed by atoms with E-state index in [4.69, 9.17) is 5.14 Å². The Hall–Kier alpha value is -1.71. The highest BCUT2D eigenvalue weighted by Crippen LogP contribution is 2.30. The summed E-state index contributed by atoms with van der Waals surface area (Å²) in [5, 5.41) is 25.5. The molecule has 0 unspecified atom stereocenters. The van der Waals surface area contributed by atoms with Crippen molar-refractivity contribution in [3.8, 4) is 0 Å². The number of nitro benzene ring substituents is 1. The second-order valence-corrected chi connectivity index (χ2v) is 6.23. The van der Waals surface area contributed by atoms with E-state index in [0.717, 1.165) is 6.07 Å². The number of benzene rings is 1. The molecule has 1 heterocycles. The number of hydrogen-bond donors (Lipinski definition) is 2. The van der Waals surface area contributed by atoms with Crippen molar-refractivity contribution in [3.05, 3.63) is 28.3 Å². The van der Waals surface area contributed by atoms with E-state index in [-0.39, 0.29) is 22.8 Å². The fraction of sp³-hybridized carbons (Fsp3) is 0.455. The van der Waals surface area contributed by atoms with Gasteiger partial charge in [-0.15, -0.1) is 0 Å². The van der Waals surface area contributed by atoms with Gasteiger partial charge in [-0.2, -0.15) is 0 Å². The molecule has 0 aliphatic carbocycles. The number of nitro groups is 1. The van der Waals surface area contributed by atoms with Gasteiger partial charge in [-0.05, 0) is 18.9 Å². The molecule has 110 valence electrons. The number of piperidine rings is 1. The number of primary sulfonamides is 1. The quantitative estimate of drug-likeness (QED) is 0.606. The molecule has 2 rings (SSSR count). The summed E-state index contributed by atoms with van der Waals surface area (Å²) in [5.74, 6) is 0. The lowest BCUT2D eigenvalue weighted by molar-refractivity contribution is -0.385. The largest absolute Gasteiger partial charge is 0.391 e. The predicted molar refractivity (Wildman–Crippen MR) is 71.9 cm³/mol. The molecule has 1 fully saturated rings. The van der Waals surface area contributed by atoms with E-state index in [1.807, 2.05) is 0 Å². The highest BCUT2D eigenvalue weighted by atomic mass is 32.2. The highest BCUT2D eigenvalue weighted by Gasteiger charge is 2.25. The van der Waals surface area contributed by atoms with E-state index in [0.29, 0.717) is 19.4 Å². The standard InChI is InChI=1S/C11H15N3O5S/c12-20(18,19)11-6-8(14(16)17)3-4-10(11)13-5-1-2-9(15)7-13/h3-4,6,9,15H,1-2,5,7H2,(H2,12,18,19)/t9-/m1/s1. The maximum Gasteiger partial charge on any atom is 0.270 e. The van der Waals surface area contributed by atoms with E-state index in [9.17, 15) is 23.6 Å². The Kier molecular flexibility index (Phi) is 3.93. The number of nitrogens with zero attached hydrogens (tertiary/aromatic N) is 2. The summed E-state index contributed by atoms with van der Waals surface area (Å²) in [4.78, 5) is 11.4. The van der Waals surface area contributed by atoms with Crippen LogP contribution in [0.5, 0.6) is 0 Å². The molecule has 9 heteroatoms. The van der Waals surface area contributed by atoms with Gasteiger partial charge >= 0.3 is 0 Å². The second-order valence-electron chi connectivity index (χ2n) is 4.70. The van der Waals surface area contributed by atoms with Gasteiger partial charge in [0.15, 0.2) is 0 Å². The molecule has 0 bridgehead atoms. The lowest BCUT2D eigenvalue weighted by Crippen LogP contribution is -2.39. The molecule has 0 saturated carbocycles. The molecule has 20 heavy (non-hydrogen) atoms. The number of aliphatic hydroxyl groups is 1. The minimum Gasteiger partial charge on any atom is -0.391 e. The molecule has 3 N–H and O–H groups in total. The first-order chi connectivity index (χ1) is 9.29. The first-order valence-electron chi connectivity index (χ1n) is 6.03. The summed E-state index contributed by atoms with van der Waals surface area (Å²) < 4.78 is 23.2. The predicted octanol–water partition coefficient (Wildman–Crippen LogP) is 0.203. The molecule has 0 spiro atoms. The third-order valence-electron chi connectivity index (χ3n) is 3.20. The van der Waals surface area contributed by atoms with E-state index < -0.39 is 21.1 Å². The number of hydrogen-bond acceptors (Lipinski definition) is 6. The van der Waals surface area contributed by atoms with Crippen molar-refractivity contribution in [1.82, 2.24) is 0 Å². The first-order valence-corrected chi connectivity index (χ1v) is 7.58. The van der Waals surface area contributed by atoms with Crippen LogP contribution in [0.2, 0.25) is 0 Å². The number of nitrogens with two attached hydrogens (primary N) is 1. The molecule has 1 aromatic carbocycles. The van der Waals surface area contributed by atoms with Gasteiger partial charge in [0.2, 0.25) is 10.0 Å². The molecule has 1 aliphatic heterocycles. The van der Waals surface area contributed by atoms with Gasteiger partial charge in [0.05, 0.1) is 16.7 Å². The lowest BCUT2D eigenvalue weighted by Gasteiger charge is -2.32. The van der Waals surface area contributed by atoms with Crippen LogP contribution in [0.15, 0.2) is 23.1 Å². The summed E-state index contributed by atoms with van der Waals surface area (Å²) in [7, 11) is -4.08. The Morgan fingerprint density at radius 1 is 1.45 bits per heavy atom. The molecule has 1 saturated heterocycles. The number of sulfonamides is 1. The van der Waals surface area contributed by atoms with Crippen LogP contribution in [-0.2, 0) is 10.0 Å². The van der Waals surface area contributed by atoms with Crippen molar-refractivity contribution >= 4 is 21.4 Å². The van der Waals surface area contributed by atoms with Crippen molar-refractivity contribution in [3.63, 3.8) is 0 Å². The van der Waals surface area contributed by atoms with E-state index in [1.54, 1.807) is 4.90 Å². The molecule has 0 radical (unpaired) electrons. The van der Waals surface area contributed by atoms with Gasteiger partial charge in [-0.25, -0.2) is 13.6 Å². The Bertz CT molecular complexity index is 631.